The van der Waals surface area contributed by atoms with Gasteiger partial charge in [0.1, 0.15) is 0 Å². The van der Waals surface area contributed by atoms with Crippen molar-refractivity contribution in [3.8, 4) is 0 Å². The number of carboxylic acids is 1. The number of amides is 1. The number of likely N-dealkylation sites (tertiary alicyclic amines) is 1. The van der Waals surface area contributed by atoms with Gasteiger partial charge in [0.15, 0.2) is 0 Å². The van der Waals surface area contributed by atoms with E-state index in [0.717, 1.165) is 0 Å². The minimum absolute atomic E-state index is 0.0201. The van der Waals surface area contributed by atoms with Crippen molar-refractivity contribution >= 4 is 11.9 Å². The van der Waals surface area contributed by atoms with Crippen molar-refractivity contribution in [2.75, 3.05) is 26.2 Å². The number of nitrogens with zero attached hydrogens (tertiary/aromatic N) is 1. The first-order chi connectivity index (χ1) is 7.83. The number of carbonyl (C=O) groups is 2. The zero-order valence-electron chi connectivity index (χ0n) is 10.8. The van der Waals surface area contributed by atoms with Crippen molar-refractivity contribution in [2.45, 2.75) is 27.2 Å². The molecule has 5 nitrogen and oxygen atoms in total. The SMILES string of the molecule is CC(C)CNC(=O)CN1CCC(C)(C(=O)O)C1. The average Bonchev–Trinajstić information content (AvgIpc) is 2.58. The van der Waals surface area contributed by atoms with E-state index in [1.165, 1.54) is 0 Å². The largest absolute Gasteiger partial charge is 0.481 e. The van der Waals surface area contributed by atoms with Gasteiger partial charge in [0, 0.05) is 13.1 Å². The van der Waals surface area contributed by atoms with Crippen molar-refractivity contribution in [3.63, 3.8) is 0 Å². The van der Waals surface area contributed by atoms with Crippen molar-refractivity contribution in [1.29, 1.82) is 0 Å². The third-order valence-electron chi connectivity index (χ3n) is 3.14. The fourth-order valence-corrected chi connectivity index (χ4v) is 1.94. The van der Waals surface area contributed by atoms with Gasteiger partial charge in [0.25, 0.3) is 0 Å². The molecule has 1 aliphatic heterocycles. The molecule has 0 aliphatic carbocycles. The van der Waals surface area contributed by atoms with E-state index in [-0.39, 0.29) is 5.91 Å². The van der Waals surface area contributed by atoms with Gasteiger partial charge in [0.2, 0.25) is 5.91 Å². The lowest BCUT2D eigenvalue weighted by atomic mass is 9.90. The van der Waals surface area contributed by atoms with Gasteiger partial charge in [-0.2, -0.15) is 0 Å². The standard InChI is InChI=1S/C12H22N2O3/c1-9(2)6-13-10(15)7-14-5-4-12(3,8-14)11(16)17/h9H,4-8H2,1-3H3,(H,13,15)(H,16,17). The van der Waals surface area contributed by atoms with Gasteiger partial charge in [0.05, 0.1) is 12.0 Å². The van der Waals surface area contributed by atoms with E-state index in [1.54, 1.807) is 6.92 Å². The normalized spacial score (nSPS) is 25.2. The highest BCUT2D eigenvalue weighted by molar-refractivity contribution is 5.79. The van der Waals surface area contributed by atoms with E-state index in [9.17, 15) is 9.59 Å². The van der Waals surface area contributed by atoms with Gasteiger partial charge in [-0.05, 0) is 25.8 Å². The maximum atomic E-state index is 11.6. The Balaban J connectivity index is 2.35. The van der Waals surface area contributed by atoms with E-state index in [4.69, 9.17) is 5.11 Å². The third kappa shape index (κ3) is 4.00. The predicted molar refractivity (Wildman–Crippen MR) is 64.6 cm³/mol. The Morgan fingerprint density at radius 2 is 2.12 bits per heavy atom. The summed E-state index contributed by atoms with van der Waals surface area (Å²) in [4.78, 5) is 24.5. The second-order valence-corrected chi connectivity index (χ2v) is 5.52. The third-order valence-corrected chi connectivity index (χ3v) is 3.14. The van der Waals surface area contributed by atoms with Crippen LogP contribution in [0.25, 0.3) is 0 Å². The van der Waals surface area contributed by atoms with Crippen LogP contribution in [0.3, 0.4) is 0 Å². The van der Waals surface area contributed by atoms with E-state index < -0.39 is 11.4 Å². The molecule has 0 spiro atoms. The molecule has 1 fully saturated rings. The lowest BCUT2D eigenvalue weighted by molar-refractivity contribution is -0.147. The van der Waals surface area contributed by atoms with Crippen LogP contribution in [0.5, 0.6) is 0 Å². The quantitative estimate of drug-likeness (QED) is 0.739. The van der Waals surface area contributed by atoms with Gasteiger partial charge in [-0.25, -0.2) is 0 Å². The summed E-state index contributed by atoms with van der Waals surface area (Å²) in [6.07, 6.45) is 0.611. The van der Waals surface area contributed by atoms with Crippen LogP contribution in [0.2, 0.25) is 0 Å². The summed E-state index contributed by atoms with van der Waals surface area (Å²) in [6.45, 7) is 7.92. The Hall–Kier alpha value is -1.10. The molecule has 17 heavy (non-hydrogen) atoms. The fraction of sp³-hybridized carbons (Fsp3) is 0.833. The number of carboxylic acid groups (broad SMARTS) is 1. The van der Waals surface area contributed by atoms with Gasteiger partial charge < -0.3 is 10.4 Å². The summed E-state index contributed by atoms with van der Waals surface area (Å²) in [5, 5.41) is 11.9. The van der Waals surface area contributed by atoms with Crippen molar-refractivity contribution < 1.29 is 14.7 Å². The van der Waals surface area contributed by atoms with Gasteiger partial charge in [-0.3, -0.25) is 14.5 Å². The summed E-state index contributed by atoms with van der Waals surface area (Å²) < 4.78 is 0. The second kappa shape index (κ2) is 5.49. The van der Waals surface area contributed by atoms with E-state index in [2.05, 4.69) is 5.32 Å². The Kier molecular flexibility index (Phi) is 4.51. The van der Waals surface area contributed by atoms with Gasteiger partial charge in [-0.1, -0.05) is 13.8 Å². The monoisotopic (exact) mass is 242 g/mol. The molecule has 0 aromatic heterocycles. The molecule has 2 N–H and O–H groups in total. The predicted octanol–water partition coefficient (Wildman–Crippen LogP) is 0.555. The first-order valence-electron chi connectivity index (χ1n) is 6.06. The van der Waals surface area contributed by atoms with Crippen molar-refractivity contribution in [2.24, 2.45) is 11.3 Å². The Bertz CT molecular complexity index is 304. The molecule has 0 radical (unpaired) electrons. The molecule has 0 bridgehead atoms. The summed E-state index contributed by atoms with van der Waals surface area (Å²) in [6, 6.07) is 0. The van der Waals surface area contributed by atoms with Crippen LogP contribution >= 0.6 is 0 Å². The molecule has 1 amide bonds. The zero-order valence-corrected chi connectivity index (χ0v) is 10.8. The Morgan fingerprint density at radius 3 is 2.59 bits per heavy atom. The highest BCUT2D eigenvalue weighted by Gasteiger charge is 2.40. The van der Waals surface area contributed by atoms with Crippen LogP contribution in [0.15, 0.2) is 0 Å². The molecule has 0 aromatic carbocycles. The van der Waals surface area contributed by atoms with E-state index >= 15 is 0 Å². The van der Waals surface area contributed by atoms with Gasteiger partial charge in [-0.15, -0.1) is 0 Å². The molecular formula is C12H22N2O3. The van der Waals surface area contributed by atoms with Crippen LogP contribution in [-0.4, -0.2) is 48.1 Å². The molecule has 1 atom stereocenters. The number of hydrogen-bond acceptors (Lipinski definition) is 3. The van der Waals surface area contributed by atoms with Gasteiger partial charge >= 0.3 is 5.97 Å². The topological polar surface area (TPSA) is 69.6 Å². The molecule has 1 rings (SSSR count). The average molecular weight is 242 g/mol. The smallest absolute Gasteiger partial charge is 0.310 e. The van der Waals surface area contributed by atoms with Crippen LogP contribution in [-0.2, 0) is 9.59 Å². The summed E-state index contributed by atoms with van der Waals surface area (Å²) >= 11 is 0. The van der Waals surface area contributed by atoms with Crippen LogP contribution < -0.4 is 5.32 Å². The van der Waals surface area contributed by atoms with Crippen LogP contribution in [0.4, 0.5) is 0 Å². The molecular weight excluding hydrogens is 220 g/mol. The summed E-state index contributed by atoms with van der Waals surface area (Å²) in [5.74, 6) is -0.363. The number of hydrogen-bond donors (Lipinski definition) is 2. The molecule has 1 heterocycles. The molecule has 1 saturated heterocycles. The van der Waals surface area contributed by atoms with E-state index in [0.29, 0.717) is 38.5 Å². The number of rotatable bonds is 5. The molecule has 98 valence electrons. The maximum Gasteiger partial charge on any atom is 0.310 e. The van der Waals surface area contributed by atoms with E-state index in [1.807, 2.05) is 18.7 Å². The Morgan fingerprint density at radius 1 is 1.47 bits per heavy atom. The minimum atomic E-state index is -0.775. The minimum Gasteiger partial charge on any atom is -0.481 e. The Labute approximate surface area is 102 Å². The van der Waals surface area contributed by atoms with Crippen LogP contribution in [0, 0.1) is 11.3 Å². The summed E-state index contributed by atoms with van der Waals surface area (Å²) in [7, 11) is 0. The molecule has 0 aromatic rings. The highest BCUT2D eigenvalue weighted by atomic mass is 16.4. The first-order valence-corrected chi connectivity index (χ1v) is 6.06. The first kappa shape index (κ1) is 14.0. The van der Waals surface area contributed by atoms with Crippen LogP contribution in [0.1, 0.15) is 27.2 Å². The lowest BCUT2D eigenvalue weighted by Gasteiger charge is -2.19. The highest BCUT2D eigenvalue weighted by Crippen LogP contribution is 2.29. The second-order valence-electron chi connectivity index (χ2n) is 5.52. The van der Waals surface area contributed by atoms with Crippen molar-refractivity contribution in [3.05, 3.63) is 0 Å². The maximum absolute atomic E-state index is 11.6. The molecule has 1 unspecified atom stereocenters. The molecule has 5 heteroatoms. The molecule has 0 saturated carbocycles. The number of aliphatic carboxylic acids is 1. The number of carbonyl (C=O) groups excluding carboxylic acids is 1. The summed E-state index contributed by atoms with van der Waals surface area (Å²) in [5.41, 5.74) is -0.696. The fourth-order valence-electron chi connectivity index (χ4n) is 1.94. The lowest BCUT2D eigenvalue weighted by Crippen LogP contribution is -2.39. The number of nitrogens with one attached hydrogen (secondary N) is 1. The van der Waals surface area contributed by atoms with Crippen molar-refractivity contribution in [1.82, 2.24) is 10.2 Å². The molecule has 1 aliphatic rings. The zero-order chi connectivity index (χ0) is 13.1.